The highest BCUT2D eigenvalue weighted by Gasteiger charge is 2.20. The van der Waals surface area contributed by atoms with Crippen LogP contribution in [0.25, 0.3) is 11.1 Å². The molecule has 4 nitrogen and oxygen atoms in total. The molecule has 0 saturated heterocycles. The van der Waals surface area contributed by atoms with E-state index in [-0.39, 0.29) is 5.56 Å². The third kappa shape index (κ3) is 2.37. The lowest BCUT2D eigenvalue weighted by atomic mass is 10.0. The summed E-state index contributed by atoms with van der Waals surface area (Å²) in [7, 11) is 0. The summed E-state index contributed by atoms with van der Waals surface area (Å²) in [5.74, 6) is -1.16. The molecule has 0 bridgehead atoms. The maximum atomic E-state index is 12.5. The maximum absolute atomic E-state index is 12.5. The quantitative estimate of drug-likeness (QED) is 0.930. The van der Waals surface area contributed by atoms with Crippen molar-refractivity contribution in [2.75, 3.05) is 0 Å². The third-order valence-corrected chi connectivity index (χ3v) is 3.37. The predicted octanol–water partition coefficient (Wildman–Crippen LogP) is 2.80. The zero-order chi connectivity index (χ0) is 14.7. The van der Waals surface area contributed by atoms with Crippen molar-refractivity contribution >= 4 is 5.97 Å². The van der Waals surface area contributed by atoms with Crippen molar-refractivity contribution in [3.05, 3.63) is 58.0 Å². The van der Waals surface area contributed by atoms with Crippen LogP contribution >= 0.6 is 0 Å². The molecule has 20 heavy (non-hydrogen) atoms. The van der Waals surface area contributed by atoms with E-state index in [1.54, 1.807) is 6.20 Å². The summed E-state index contributed by atoms with van der Waals surface area (Å²) in [5, 5.41) is 9.36. The Balaban J connectivity index is 2.82. The predicted molar refractivity (Wildman–Crippen MR) is 78.1 cm³/mol. The van der Waals surface area contributed by atoms with E-state index in [0.717, 1.165) is 5.56 Å². The molecule has 0 amide bonds. The van der Waals surface area contributed by atoms with E-state index in [1.165, 1.54) is 0 Å². The van der Waals surface area contributed by atoms with Gasteiger partial charge < -0.3 is 9.67 Å². The van der Waals surface area contributed by atoms with Gasteiger partial charge in [0.25, 0.3) is 0 Å². The number of carbonyl (C=O) groups is 1. The van der Waals surface area contributed by atoms with Crippen LogP contribution in [0.4, 0.5) is 0 Å². The van der Waals surface area contributed by atoms with Gasteiger partial charge >= 0.3 is 5.97 Å². The summed E-state index contributed by atoms with van der Waals surface area (Å²) in [6.07, 6.45) is 2.27. The Morgan fingerprint density at radius 2 is 1.85 bits per heavy atom. The SMILES string of the molecule is CCc1c(C(=O)O)c(=O)c(-c2ccccc2)cn1CC. The summed E-state index contributed by atoms with van der Waals surface area (Å²) in [6.45, 7) is 4.42. The van der Waals surface area contributed by atoms with Crippen LogP contribution in [0.1, 0.15) is 29.9 Å². The topological polar surface area (TPSA) is 59.3 Å². The maximum Gasteiger partial charge on any atom is 0.341 e. The van der Waals surface area contributed by atoms with Crippen LogP contribution in [0, 0.1) is 0 Å². The molecule has 0 atom stereocenters. The van der Waals surface area contributed by atoms with Gasteiger partial charge in [-0.2, -0.15) is 0 Å². The van der Waals surface area contributed by atoms with Gasteiger partial charge in [-0.05, 0) is 18.9 Å². The molecule has 0 saturated carbocycles. The van der Waals surface area contributed by atoms with Gasteiger partial charge in [-0.3, -0.25) is 4.79 Å². The third-order valence-electron chi connectivity index (χ3n) is 3.37. The summed E-state index contributed by atoms with van der Waals surface area (Å²) < 4.78 is 1.84. The first-order valence-corrected chi connectivity index (χ1v) is 6.65. The zero-order valence-electron chi connectivity index (χ0n) is 11.6. The molecule has 0 fully saturated rings. The standard InChI is InChI=1S/C16H17NO3/c1-3-13-14(16(19)20)15(18)12(10-17(13)4-2)11-8-6-5-7-9-11/h5-10H,3-4H2,1-2H3,(H,19,20). The van der Waals surface area contributed by atoms with Gasteiger partial charge in [-0.25, -0.2) is 4.79 Å². The van der Waals surface area contributed by atoms with E-state index in [2.05, 4.69) is 0 Å². The van der Waals surface area contributed by atoms with Gasteiger partial charge in [0.1, 0.15) is 5.56 Å². The Morgan fingerprint density at radius 1 is 1.20 bits per heavy atom. The highest BCUT2D eigenvalue weighted by Crippen LogP contribution is 2.18. The molecule has 104 valence electrons. The average Bonchev–Trinajstić information content (AvgIpc) is 2.47. The lowest BCUT2D eigenvalue weighted by Gasteiger charge is -2.15. The van der Waals surface area contributed by atoms with Crippen molar-refractivity contribution in [1.82, 2.24) is 4.57 Å². The lowest BCUT2D eigenvalue weighted by Crippen LogP contribution is -2.24. The number of aromatic nitrogens is 1. The fraction of sp³-hybridized carbons (Fsp3) is 0.250. The van der Waals surface area contributed by atoms with Crippen LogP contribution in [-0.2, 0) is 13.0 Å². The van der Waals surface area contributed by atoms with Crippen molar-refractivity contribution in [2.24, 2.45) is 0 Å². The van der Waals surface area contributed by atoms with Crippen molar-refractivity contribution in [3.8, 4) is 11.1 Å². The molecule has 2 aromatic rings. The van der Waals surface area contributed by atoms with E-state index in [0.29, 0.717) is 24.2 Å². The summed E-state index contributed by atoms with van der Waals surface area (Å²) >= 11 is 0. The van der Waals surface area contributed by atoms with Crippen molar-refractivity contribution < 1.29 is 9.90 Å². The number of hydrogen-bond donors (Lipinski definition) is 1. The Morgan fingerprint density at radius 3 is 2.35 bits per heavy atom. The van der Waals surface area contributed by atoms with Crippen LogP contribution in [0.15, 0.2) is 41.3 Å². The minimum Gasteiger partial charge on any atom is -0.477 e. The van der Waals surface area contributed by atoms with E-state index in [9.17, 15) is 14.7 Å². The molecule has 1 heterocycles. The number of aryl methyl sites for hydroxylation is 1. The number of aromatic carboxylic acids is 1. The molecule has 0 aliphatic heterocycles. The number of nitrogens with zero attached hydrogens (tertiary/aromatic N) is 1. The van der Waals surface area contributed by atoms with Gasteiger partial charge in [0.05, 0.1) is 0 Å². The second-order valence-electron chi connectivity index (χ2n) is 4.50. The number of carboxylic acid groups (broad SMARTS) is 1. The fourth-order valence-corrected chi connectivity index (χ4v) is 2.41. The molecule has 0 aliphatic rings. The Labute approximate surface area is 117 Å². The summed E-state index contributed by atoms with van der Waals surface area (Å²) in [4.78, 5) is 23.9. The minimum atomic E-state index is -1.16. The Kier molecular flexibility index (Phi) is 4.03. The van der Waals surface area contributed by atoms with E-state index in [1.807, 2.05) is 48.7 Å². The summed E-state index contributed by atoms with van der Waals surface area (Å²) in [5.41, 5.74) is 1.22. The van der Waals surface area contributed by atoms with Gasteiger partial charge in [-0.15, -0.1) is 0 Å². The molecule has 0 unspecified atom stereocenters. The number of carboxylic acids is 1. The van der Waals surface area contributed by atoms with Crippen LogP contribution in [0.3, 0.4) is 0 Å². The summed E-state index contributed by atoms with van der Waals surface area (Å²) in [6, 6.07) is 9.15. The van der Waals surface area contributed by atoms with Gasteiger partial charge in [-0.1, -0.05) is 37.3 Å². The first kappa shape index (κ1) is 14.1. The van der Waals surface area contributed by atoms with Crippen LogP contribution in [0.2, 0.25) is 0 Å². The van der Waals surface area contributed by atoms with Gasteiger partial charge in [0.2, 0.25) is 5.43 Å². The second-order valence-corrected chi connectivity index (χ2v) is 4.50. The highest BCUT2D eigenvalue weighted by molar-refractivity contribution is 5.90. The molecule has 0 spiro atoms. The van der Waals surface area contributed by atoms with Gasteiger partial charge in [0.15, 0.2) is 0 Å². The van der Waals surface area contributed by atoms with Crippen molar-refractivity contribution in [1.29, 1.82) is 0 Å². The van der Waals surface area contributed by atoms with E-state index < -0.39 is 11.4 Å². The number of hydrogen-bond acceptors (Lipinski definition) is 2. The van der Waals surface area contributed by atoms with Gasteiger partial charge in [0, 0.05) is 24.0 Å². The number of pyridine rings is 1. The van der Waals surface area contributed by atoms with E-state index >= 15 is 0 Å². The zero-order valence-corrected chi connectivity index (χ0v) is 11.6. The number of benzene rings is 1. The molecule has 1 N–H and O–H groups in total. The van der Waals surface area contributed by atoms with Crippen molar-refractivity contribution in [3.63, 3.8) is 0 Å². The van der Waals surface area contributed by atoms with Crippen LogP contribution in [0.5, 0.6) is 0 Å². The Hall–Kier alpha value is -2.36. The molecule has 0 aliphatic carbocycles. The monoisotopic (exact) mass is 271 g/mol. The largest absolute Gasteiger partial charge is 0.477 e. The molecule has 2 rings (SSSR count). The molecule has 4 heteroatoms. The molecular formula is C16H17NO3. The van der Waals surface area contributed by atoms with Crippen molar-refractivity contribution in [2.45, 2.75) is 26.8 Å². The Bertz CT molecular complexity index is 687. The molecular weight excluding hydrogens is 254 g/mol. The lowest BCUT2D eigenvalue weighted by molar-refractivity contribution is 0.0693. The fourth-order valence-electron chi connectivity index (χ4n) is 2.41. The first-order chi connectivity index (χ1) is 9.60. The first-order valence-electron chi connectivity index (χ1n) is 6.65. The van der Waals surface area contributed by atoms with Crippen LogP contribution < -0.4 is 5.43 Å². The number of rotatable bonds is 4. The average molecular weight is 271 g/mol. The van der Waals surface area contributed by atoms with Crippen LogP contribution in [-0.4, -0.2) is 15.6 Å². The smallest absolute Gasteiger partial charge is 0.341 e. The molecule has 1 aromatic carbocycles. The second kappa shape index (κ2) is 5.74. The molecule has 0 radical (unpaired) electrons. The normalized spacial score (nSPS) is 10.5. The molecule has 1 aromatic heterocycles. The minimum absolute atomic E-state index is 0.115. The highest BCUT2D eigenvalue weighted by atomic mass is 16.4. The van der Waals surface area contributed by atoms with E-state index in [4.69, 9.17) is 0 Å².